The summed E-state index contributed by atoms with van der Waals surface area (Å²) in [6.45, 7) is 9.69. The topological polar surface area (TPSA) is 237 Å². The number of aliphatic hydroxyl groups excluding tert-OH is 1. The minimum absolute atomic E-state index is 0.107. The van der Waals surface area contributed by atoms with Gasteiger partial charge in [-0.25, -0.2) is 9.13 Å². The smallest absolute Gasteiger partial charge is 0.462 e. The lowest BCUT2D eigenvalue weighted by Crippen LogP contribution is -2.30. The van der Waals surface area contributed by atoms with Crippen molar-refractivity contribution in [3.8, 4) is 0 Å². The van der Waals surface area contributed by atoms with Gasteiger partial charge in [0.2, 0.25) is 0 Å². The monoisotopic (exact) mass is 1610 g/mol. The molecule has 0 aliphatic carbocycles. The minimum Gasteiger partial charge on any atom is -0.462 e. The minimum atomic E-state index is -4.97. The van der Waals surface area contributed by atoms with Crippen LogP contribution < -0.4 is 0 Å². The van der Waals surface area contributed by atoms with Gasteiger partial charge in [0.05, 0.1) is 26.4 Å². The molecule has 0 radical (unpaired) electrons. The lowest BCUT2D eigenvalue weighted by Gasteiger charge is -2.21. The molecule has 17 nitrogen and oxygen atoms in total. The van der Waals surface area contributed by atoms with Crippen LogP contribution in [0.4, 0.5) is 0 Å². The van der Waals surface area contributed by atoms with Gasteiger partial charge in [-0.05, 0) is 37.5 Å². The fourth-order valence-electron chi connectivity index (χ4n) is 14.3. The highest BCUT2D eigenvalue weighted by Crippen LogP contribution is 2.45. The number of hydrogen-bond acceptors (Lipinski definition) is 15. The van der Waals surface area contributed by atoms with E-state index >= 15 is 0 Å². The van der Waals surface area contributed by atoms with Crippen molar-refractivity contribution in [2.24, 2.45) is 11.8 Å². The quantitative estimate of drug-likeness (QED) is 0.0222. The summed E-state index contributed by atoms with van der Waals surface area (Å²) in [5, 5.41) is 10.7. The first-order valence-electron chi connectivity index (χ1n) is 47.0. The van der Waals surface area contributed by atoms with E-state index in [4.69, 9.17) is 37.0 Å². The summed E-state index contributed by atoms with van der Waals surface area (Å²) in [5.41, 5.74) is 0. The van der Waals surface area contributed by atoms with Crippen molar-refractivity contribution in [3.63, 3.8) is 0 Å². The maximum Gasteiger partial charge on any atom is 0.472 e. The number of carbonyl (C=O) groups excluding carboxylic acids is 4. The second-order valence-electron chi connectivity index (χ2n) is 33.6. The Morgan fingerprint density at radius 3 is 0.618 bits per heavy atom. The Labute approximate surface area is 677 Å². The van der Waals surface area contributed by atoms with E-state index in [0.717, 1.165) is 102 Å². The molecule has 0 aromatic rings. The second-order valence-corrected chi connectivity index (χ2v) is 36.6. The zero-order valence-corrected chi connectivity index (χ0v) is 74.4. The number of aliphatic hydroxyl groups is 1. The Kier molecular flexibility index (Phi) is 80.7. The number of unbranched alkanes of at least 4 members (excludes halogenated alkanes) is 60. The second kappa shape index (κ2) is 82.2. The molecule has 0 aliphatic rings. The van der Waals surface area contributed by atoms with Crippen LogP contribution in [0, 0.1) is 11.8 Å². The molecular formula is C91H178O17P2. The predicted octanol–water partition coefficient (Wildman–Crippen LogP) is 28.2. The van der Waals surface area contributed by atoms with Crippen LogP contribution in [0.2, 0.25) is 0 Å². The number of rotatable bonds is 90. The third kappa shape index (κ3) is 84.0. The highest BCUT2D eigenvalue weighted by molar-refractivity contribution is 7.47. The molecule has 0 fully saturated rings. The molecule has 0 heterocycles. The molecule has 0 spiro atoms. The first-order chi connectivity index (χ1) is 53.4. The third-order valence-corrected chi connectivity index (χ3v) is 23.4. The summed E-state index contributed by atoms with van der Waals surface area (Å²) in [6.07, 6.45) is 76.6. The number of hydrogen-bond donors (Lipinski definition) is 3. The Morgan fingerprint density at radius 1 is 0.245 bits per heavy atom. The van der Waals surface area contributed by atoms with E-state index in [-0.39, 0.29) is 25.7 Å². The average Bonchev–Trinajstić information content (AvgIpc) is 0.899. The van der Waals surface area contributed by atoms with Crippen LogP contribution in [-0.4, -0.2) is 96.7 Å². The maximum absolute atomic E-state index is 13.2. The van der Waals surface area contributed by atoms with Crippen molar-refractivity contribution >= 4 is 39.5 Å². The molecule has 0 aromatic carbocycles. The standard InChI is InChI=1S/C91H178O17P2/c1-7-9-11-13-15-17-19-21-23-25-27-29-30-32-34-36-40-44-50-57-63-69-75-90(95)107-86(79-101-88(93)73-67-61-55-49-43-39-35-33-31-28-26-24-22-20-18-16-14-12-10-8-2)81-105-109(97,98)103-77-85(92)78-104-110(99,100)106-82-87(80-102-89(94)74-68-62-56-52-46-48-54-60-66-72-84(5)6)108-91(96)76-70-64-58-51-45-41-37-38-42-47-53-59-65-71-83(3)4/h83-87,92H,7-82H2,1-6H3,(H,97,98)(H,99,100)/t85-,86-,87-/m1/s1. The zero-order chi connectivity index (χ0) is 80.6. The first-order valence-corrected chi connectivity index (χ1v) is 50.0. The van der Waals surface area contributed by atoms with E-state index < -0.39 is 97.5 Å². The molecule has 0 aliphatic heterocycles. The number of ether oxygens (including phenoxy) is 4. The fraction of sp³-hybridized carbons (Fsp3) is 0.956. The largest absolute Gasteiger partial charge is 0.472 e. The van der Waals surface area contributed by atoms with Gasteiger partial charge in [-0.3, -0.25) is 37.3 Å². The SMILES string of the molecule is CCCCCCCCCCCCCCCCCCCCCCCCC(=O)O[C@H](COC(=O)CCCCCCCCCCCCCCCCCCCCCC)COP(=O)(O)OC[C@@H](O)COP(=O)(O)OC[C@@H](COC(=O)CCCCCCCCCCCC(C)C)OC(=O)CCCCCCCCCCCCCCCC(C)C. The van der Waals surface area contributed by atoms with Gasteiger partial charge >= 0.3 is 39.5 Å². The Balaban J connectivity index is 5.24. The van der Waals surface area contributed by atoms with Gasteiger partial charge in [-0.15, -0.1) is 0 Å². The van der Waals surface area contributed by atoms with E-state index in [0.29, 0.717) is 25.7 Å². The predicted molar refractivity (Wildman–Crippen MR) is 455 cm³/mol. The van der Waals surface area contributed by atoms with Gasteiger partial charge in [-0.1, -0.05) is 440 Å². The lowest BCUT2D eigenvalue weighted by atomic mass is 10.0. The Bertz CT molecular complexity index is 2100. The van der Waals surface area contributed by atoms with Gasteiger partial charge in [0, 0.05) is 25.7 Å². The van der Waals surface area contributed by atoms with E-state index in [1.165, 1.54) is 308 Å². The number of carbonyl (C=O) groups is 4. The summed E-state index contributed by atoms with van der Waals surface area (Å²) in [6, 6.07) is 0. The summed E-state index contributed by atoms with van der Waals surface area (Å²) in [5.74, 6) is -0.567. The molecule has 0 rings (SSSR count). The molecule has 5 atom stereocenters. The highest BCUT2D eigenvalue weighted by Gasteiger charge is 2.31. The maximum atomic E-state index is 13.2. The van der Waals surface area contributed by atoms with Crippen molar-refractivity contribution in [2.75, 3.05) is 39.6 Å². The van der Waals surface area contributed by atoms with Crippen LogP contribution in [0.15, 0.2) is 0 Å². The number of phosphoric acid groups is 2. The van der Waals surface area contributed by atoms with Crippen molar-refractivity contribution in [1.29, 1.82) is 0 Å². The fourth-order valence-corrected chi connectivity index (χ4v) is 15.9. The van der Waals surface area contributed by atoms with Crippen molar-refractivity contribution in [1.82, 2.24) is 0 Å². The molecule has 2 unspecified atom stereocenters. The van der Waals surface area contributed by atoms with Crippen LogP contribution >= 0.6 is 15.6 Å². The average molecular weight is 1610 g/mol. The van der Waals surface area contributed by atoms with Crippen LogP contribution in [0.1, 0.15) is 491 Å². The van der Waals surface area contributed by atoms with Crippen LogP contribution in [-0.2, 0) is 65.4 Å². The van der Waals surface area contributed by atoms with E-state index in [2.05, 4.69) is 41.5 Å². The molecule has 19 heteroatoms. The van der Waals surface area contributed by atoms with Crippen molar-refractivity contribution < 1.29 is 80.2 Å². The van der Waals surface area contributed by atoms with E-state index in [1.54, 1.807) is 0 Å². The number of phosphoric ester groups is 2. The normalized spacial score (nSPS) is 13.7. The third-order valence-electron chi connectivity index (χ3n) is 21.5. The molecule has 0 saturated carbocycles. The van der Waals surface area contributed by atoms with Crippen LogP contribution in [0.25, 0.3) is 0 Å². The van der Waals surface area contributed by atoms with E-state index in [1.807, 2.05) is 0 Å². The molecule has 0 bridgehead atoms. The Hall–Kier alpha value is -1.94. The summed E-state index contributed by atoms with van der Waals surface area (Å²) < 4.78 is 69.1. The van der Waals surface area contributed by atoms with Gasteiger partial charge in [-0.2, -0.15) is 0 Å². The molecule has 0 saturated heterocycles. The van der Waals surface area contributed by atoms with Gasteiger partial charge in [0.1, 0.15) is 19.3 Å². The zero-order valence-electron chi connectivity index (χ0n) is 72.6. The summed E-state index contributed by atoms with van der Waals surface area (Å²) in [7, 11) is -9.94. The summed E-state index contributed by atoms with van der Waals surface area (Å²) >= 11 is 0. The molecule has 110 heavy (non-hydrogen) atoms. The van der Waals surface area contributed by atoms with Crippen LogP contribution in [0.5, 0.6) is 0 Å². The first kappa shape index (κ1) is 108. The van der Waals surface area contributed by atoms with Crippen molar-refractivity contribution in [2.45, 2.75) is 509 Å². The van der Waals surface area contributed by atoms with Crippen LogP contribution in [0.3, 0.4) is 0 Å². The van der Waals surface area contributed by atoms with E-state index in [9.17, 15) is 43.2 Å². The van der Waals surface area contributed by atoms with Gasteiger partial charge < -0.3 is 33.8 Å². The number of esters is 4. The molecule has 0 amide bonds. The van der Waals surface area contributed by atoms with Crippen molar-refractivity contribution in [3.05, 3.63) is 0 Å². The van der Waals surface area contributed by atoms with Gasteiger partial charge in [0.15, 0.2) is 12.2 Å². The summed E-state index contributed by atoms with van der Waals surface area (Å²) in [4.78, 5) is 73.4. The molecule has 0 aromatic heterocycles. The Morgan fingerprint density at radius 2 is 0.418 bits per heavy atom. The lowest BCUT2D eigenvalue weighted by molar-refractivity contribution is -0.161. The molecule has 654 valence electrons. The van der Waals surface area contributed by atoms with Gasteiger partial charge in [0.25, 0.3) is 0 Å². The highest BCUT2D eigenvalue weighted by atomic mass is 31.2. The molecule has 3 N–H and O–H groups in total. The molecular weight excluding hydrogens is 1430 g/mol.